The molecule has 2 saturated carbocycles. The number of hydrogen-bond acceptors (Lipinski definition) is 8. The lowest BCUT2D eigenvalue weighted by atomic mass is 9.80. The Labute approximate surface area is 185 Å². The second-order valence-electron chi connectivity index (χ2n) is 8.61. The Morgan fingerprint density at radius 1 is 1.31 bits per heavy atom. The first kappa shape index (κ1) is 21.7. The summed E-state index contributed by atoms with van der Waals surface area (Å²) >= 11 is 0. The summed E-state index contributed by atoms with van der Waals surface area (Å²) in [6.07, 6.45) is 7.09. The summed E-state index contributed by atoms with van der Waals surface area (Å²) < 4.78 is 1.96. The van der Waals surface area contributed by atoms with Crippen LogP contribution in [0.25, 0.3) is 11.2 Å². The molecule has 0 aliphatic heterocycles. The van der Waals surface area contributed by atoms with Crippen molar-refractivity contribution in [2.45, 2.75) is 50.5 Å². The number of amidine groups is 1. The van der Waals surface area contributed by atoms with Crippen LogP contribution in [0.1, 0.15) is 50.7 Å². The molecule has 0 saturated heterocycles. The molecule has 2 aromatic heterocycles. The van der Waals surface area contributed by atoms with Gasteiger partial charge in [0.05, 0.1) is 5.41 Å². The molecule has 2 aromatic rings. The lowest BCUT2D eigenvalue weighted by molar-refractivity contribution is 0.200. The van der Waals surface area contributed by atoms with Crippen molar-refractivity contribution < 1.29 is 9.90 Å². The van der Waals surface area contributed by atoms with E-state index in [2.05, 4.69) is 27.5 Å². The lowest BCUT2D eigenvalue weighted by Crippen LogP contribution is -2.33. The maximum atomic E-state index is 11.0. The molecule has 2 aliphatic carbocycles. The minimum atomic E-state index is -1.34. The Hall–Kier alpha value is -3.50. The highest BCUT2D eigenvalue weighted by Gasteiger charge is 2.51. The lowest BCUT2D eigenvalue weighted by Gasteiger charge is -2.32. The molecule has 170 valence electrons. The number of carbonyl (C=O) groups is 1. The van der Waals surface area contributed by atoms with Gasteiger partial charge < -0.3 is 25.7 Å². The van der Waals surface area contributed by atoms with Crippen molar-refractivity contribution in [2.24, 2.45) is 13.0 Å². The first-order valence-electron chi connectivity index (χ1n) is 10.8. The molecule has 0 bridgehead atoms. The molecular weight excluding hydrogens is 410 g/mol. The SMILES string of the molecule is CN/C=C(\C=N)C1(c2nc3nc(C(=N)NC(=O)O)nc(N[C@H](C)C4CCC4)c3n2C)CC1. The van der Waals surface area contributed by atoms with E-state index in [9.17, 15) is 4.79 Å². The minimum Gasteiger partial charge on any atom is -0.465 e. The molecule has 2 heterocycles. The second-order valence-corrected chi connectivity index (χ2v) is 8.61. The highest BCUT2D eigenvalue weighted by atomic mass is 16.4. The molecule has 0 unspecified atom stereocenters. The number of aromatic nitrogens is 4. The predicted molar refractivity (Wildman–Crippen MR) is 122 cm³/mol. The molecular formula is C21H29N9O2. The van der Waals surface area contributed by atoms with Gasteiger partial charge in [-0.15, -0.1) is 0 Å². The van der Waals surface area contributed by atoms with Gasteiger partial charge in [-0.1, -0.05) is 6.42 Å². The van der Waals surface area contributed by atoms with Crippen LogP contribution in [0.3, 0.4) is 0 Å². The van der Waals surface area contributed by atoms with E-state index in [4.69, 9.17) is 20.9 Å². The van der Waals surface area contributed by atoms with Crippen LogP contribution in [0.4, 0.5) is 10.6 Å². The van der Waals surface area contributed by atoms with Gasteiger partial charge in [-0.05, 0) is 44.1 Å². The third-order valence-corrected chi connectivity index (χ3v) is 6.59. The number of nitrogens with zero attached hydrogens (tertiary/aromatic N) is 4. The van der Waals surface area contributed by atoms with Crippen LogP contribution in [0.15, 0.2) is 11.8 Å². The standard InChI is InChI=1S/C21H29N9O2/c1-11(12-5-4-6-12)25-16-14-17(28-18(27-16)15(23)26-20(31)32)29-19(30(14)3)21(7-8-21)13(9-22)10-24-2/h9-12,22,24H,4-8H2,1-3H3,(H2,23,26)(H,31,32)(H,25,27,28)/b13-10+,22-9?/t11-/m1/s1. The largest absolute Gasteiger partial charge is 0.465 e. The van der Waals surface area contributed by atoms with Crippen LogP contribution >= 0.6 is 0 Å². The zero-order valence-corrected chi connectivity index (χ0v) is 18.5. The second kappa shape index (κ2) is 8.21. The molecule has 2 aliphatic rings. The average Bonchev–Trinajstić information content (AvgIpc) is 3.42. The molecule has 32 heavy (non-hydrogen) atoms. The van der Waals surface area contributed by atoms with E-state index in [1.165, 1.54) is 12.6 Å². The summed E-state index contributed by atoms with van der Waals surface area (Å²) in [4.78, 5) is 24.7. The Morgan fingerprint density at radius 3 is 2.56 bits per heavy atom. The van der Waals surface area contributed by atoms with Crippen LogP contribution in [0.2, 0.25) is 0 Å². The van der Waals surface area contributed by atoms with Crippen molar-refractivity contribution in [3.63, 3.8) is 0 Å². The number of anilines is 1. The fraction of sp³-hybridized carbons (Fsp3) is 0.524. The van der Waals surface area contributed by atoms with E-state index in [0.29, 0.717) is 22.9 Å². The van der Waals surface area contributed by atoms with Gasteiger partial charge >= 0.3 is 6.09 Å². The molecule has 1 amide bonds. The van der Waals surface area contributed by atoms with Crippen LogP contribution in [0.5, 0.6) is 0 Å². The number of carboxylic acid groups (broad SMARTS) is 1. The maximum absolute atomic E-state index is 11.0. The third kappa shape index (κ3) is 3.67. The zero-order chi connectivity index (χ0) is 23.0. The van der Waals surface area contributed by atoms with Crippen molar-refractivity contribution in [3.8, 4) is 0 Å². The summed E-state index contributed by atoms with van der Waals surface area (Å²) in [7, 11) is 3.71. The van der Waals surface area contributed by atoms with Crippen LogP contribution < -0.4 is 16.0 Å². The molecule has 6 N–H and O–H groups in total. The number of rotatable bonds is 8. The Bertz CT molecular complexity index is 1110. The van der Waals surface area contributed by atoms with Gasteiger partial charge in [-0.3, -0.25) is 10.7 Å². The van der Waals surface area contributed by atoms with Gasteiger partial charge in [0.15, 0.2) is 23.1 Å². The zero-order valence-electron chi connectivity index (χ0n) is 18.5. The fourth-order valence-corrected chi connectivity index (χ4v) is 4.43. The quantitative estimate of drug-likeness (QED) is 0.271. The summed E-state index contributed by atoms with van der Waals surface area (Å²) in [5, 5.41) is 33.5. The van der Waals surface area contributed by atoms with Gasteiger partial charge in [0.2, 0.25) is 0 Å². The number of fused-ring (bicyclic) bond motifs is 1. The van der Waals surface area contributed by atoms with Crippen molar-refractivity contribution in [3.05, 3.63) is 23.4 Å². The van der Waals surface area contributed by atoms with E-state index in [-0.39, 0.29) is 17.3 Å². The number of hydrogen-bond donors (Lipinski definition) is 6. The van der Waals surface area contributed by atoms with Crippen LogP contribution in [-0.4, -0.2) is 55.9 Å². The molecule has 2 fully saturated rings. The summed E-state index contributed by atoms with van der Waals surface area (Å²) in [5.74, 6) is 1.43. The van der Waals surface area contributed by atoms with Gasteiger partial charge in [0.1, 0.15) is 11.3 Å². The Balaban J connectivity index is 1.83. The molecule has 0 radical (unpaired) electrons. The monoisotopic (exact) mass is 439 g/mol. The van der Waals surface area contributed by atoms with Crippen LogP contribution in [0, 0.1) is 16.7 Å². The highest BCUT2D eigenvalue weighted by molar-refractivity contribution is 6.03. The first-order chi connectivity index (χ1) is 15.3. The number of imidazole rings is 1. The number of amides is 1. The van der Waals surface area contributed by atoms with Gasteiger partial charge in [0, 0.05) is 32.6 Å². The van der Waals surface area contributed by atoms with Crippen molar-refractivity contribution in [1.82, 2.24) is 30.2 Å². The smallest absolute Gasteiger partial charge is 0.410 e. The van der Waals surface area contributed by atoms with E-state index in [0.717, 1.165) is 37.1 Å². The van der Waals surface area contributed by atoms with Gasteiger partial charge in [-0.2, -0.15) is 0 Å². The minimum absolute atomic E-state index is 0.0317. The number of nitrogens with one attached hydrogen (secondary N) is 5. The van der Waals surface area contributed by atoms with Crippen molar-refractivity contribution in [1.29, 1.82) is 10.8 Å². The summed E-state index contributed by atoms with van der Waals surface area (Å²) in [5.41, 5.74) is 1.57. The van der Waals surface area contributed by atoms with Crippen molar-refractivity contribution >= 4 is 35.1 Å². The number of aryl methyl sites for hydroxylation is 1. The van der Waals surface area contributed by atoms with E-state index in [1.54, 1.807) is 7.05 Å². The molecule has 11 nitrogen and oxygen atoms in total. The predicted octanol–water partition coefficient (Wildman–Crippen LogP) is 2.34. The molecule has 0 spiro atoms. The van der Waals surface area contributed by atoms with Gasteiger partial charge in [0.25, 0.3) is 0 Å². The first-order valence-corrected chi connectivity index (χ1v) is 10.8. The maximum Gasteiger partial charge on any atom is 0.410 e. The third-order valence-electron chi connectivity index (χ3n) is 6.59. The summed E-state index contributed by atoms with van der Waals surface area (Å²) in [6, 6.07) is 0.172. The topological polar surface area (TPSA) is 165 Å². The highest BCUT2D eigenvalue weighted by Crippen LogP contribution is 2.53. The van der Waals surface area contributed by atoms with Gasteiger partial charge in [-0.25, -0.2) is 19.7 Å². The molecule has 11 heteroatoms. The van der Waals surface area contributed by atoms with E-state index >= 15 is 0 Å². The Kier molecular flexibility index (Phi) is 5.57. The van der Waals surface area contributed by atoms with Crippen LogP contribution in [-0.2, 0) is 12.5 Å². The normalized spacial score (nSPS) is 18.5. The molecule has 1 atom stereocenters. The fourth-order valence-electron chi connectivity index (χ4n) is 4.43. The Morgan fingerprint density at radius 2 is 2.03 bits per heavy atom. The molecule has 0 aromatic carbocycles. The average molecular weight is 440 g/mol. The molecule has 4 rings (SSSR count). The summed E-state index contributed by atoms with van der Waals surface area (Å²) in [6.45, 7) is 2.11. The van der Waals surface area contributed by atoms with E-state index < -0.39 is 11.9 Å². The number of allylic oxidation sites excluding steroid dienone is 1. The van der Waals surface area contributed by atoms with Crippen molar-refractivity contribution in [2.75, 3.05) is 12.4 Å². The van der Waals surface area contributed by atoms with E-state index in [1.807, 2.05) is 23.1 Å².